The molecule has 5 aromatic rings. The number of benzene rings is 4. The maximum absolute atomic E-state index is 13.3. The molecule has 0 bridgehead atoms. The molecule has 0 N–H and O–H groups in total. The van der Waals surface area contributed by atoms with E-state index >= 15 is 0 Å². The summed E-state index contributed by atoms with van der Waals surface area (Å²) in [5.41, 5.74) is 4.49. The Labute approximate surface area is 194 Å². The van der Waals surface area contributed by atoms with E-state index in [0.717, 1.165) is 45.2 Å². The standard InChI is InChI=1S/C29H19F4N/c1-18-12-25(16-26(13-18)29(31,32)33)28-11-8-23(17-34-28)22-5-3-20-2-4-21(14-24(20)15-22)19-6-9-27(30)10-7-19/h2-17H,1H3. The van der Waals surface area contributed by atoms with Crippen molar-refractivity contribution in [3.05, 3.63) is 114 Å². The molecule has 5 rings (SSSR count). The van der Waals surface area contributed by atoms with Crippen LogP contribution in [0, 0.1) is 12.7 Å². The SMILES string of the molecule is Cc1cc(-c2ccc(-c3ccc4ccc(-c5ccc(F)cc5)cc4c3)cn2)cc(C(F)(F)F)c1. The zero-order chi connectivity index (χ0) is 23.9. The number of fused-ring (bicyclic) bond motifs is 1. The highest BCUT2D eigenvalue weighted by atomic mass is 19.4. The van der Waals surface area contributed by atoms with Crippen LogP contribution in [0.4, 0.5) is 17.6 Å². The van der Waals surface area contributed by atoms with Crippen LogP contribution in [-0.4, -0.2) is 4.98 Å². The molecule has 0 aliphatic carbocycles. The van der Waals surface area contributed by atoms with E-state index in [1.807, 2.05) is 36.4 Å². The minimum absolute atomic E-state index is 0.275. The number of alkyl halides is 3. The molecule has 0 amide bonds. The molecule has 0 aliphatic heterocycles. The molecule has 0 spiro atoms. The first-order valence-corrected chi connectivity index (χ1v) is 10.7. The predicted molar refractivity (Wildman–Crippen MR) is 128 cm³/mol. The Morgan fingerprint density at radius 2 is 1.21 bits per heavy atom. The van der Waals surface area contributed by atoms with Crippen LogP contribution in [0.5, 0.6) is 0 Å². The predicted octanol–water partition coefficient (Wildman–Crippen LogP) is 8.70. The maximum atomic E-state index is 13.3. The normalized spacial score (nSPS) is 11.7. The Morgan fingerprint density at radius 1 is 0.588 bits per heavy atom. The first-order valence-electron chi connectivity index (χ1n) is 10.7. The number of aromatic nitrogens is 1. The third kappa shape index (κ3) is 4.42. The molecule has 0 saturated heterocycles. The summed E-state index contributed by atoms with van der Waals surface area (Å²) in [5, 5.41) is 2.09. The zero-order valence-electron chi connectivity index (χ0n) is 18.2. The van der Waals surface area contributed by atoms with Crippen LogP contribution in [-0.2, 0) is 6.18 Å². The average Bonchev–Trinajstić information content (AvgIpc) is 2.83. The molecule has 5 heteroatoms. The average molecular weight is 457 g/mol. The number of aryl methyl sites for hydroxylation is 1. The number of nitrogens with zero attached hydrogens (tertiary/aromatic N) is 1. The van der Waals surface area contributed by atoms with Gasteiger partial charge in [-0.3, -0.25) is 4.98 Å². The van der Waals surface area contributed by atoms with E-state index < -0.39 is 11.7 Å². The number of rotatable bonds is 3. The molecule has 0 radical (unpaired) electrons. The van der Waals surface area contributed by atoms with Crippen LogP contribution >= 0.6 is 0 Å². The van der Waals surface area contributed by atoms with Crippen molar-refractivity contribution in [2.24, 2.45) is 0 Å². The molecule has 168 valence electrons. The summed E-state index contributed by atoms with van der Waals surface area (Å²) in [6.45, 7) is 1.64. The number of halogens is 4. The van der Waals surface area contributed by atoms with E-state index in [-0.39, 0.29) is 5.82 Å². The Kier molecular flexibility index (Phi) is 5.40. The number of hydrogen-bond donors (Lipinski definition) is 0. The van der Waals surface area contributed by atoms with E-state index in [4.69, 9.17) is 0 Å². The maximum Gasteiger partial charge on any atom is 0.416 e. The third-order valence-electron chi connectivity index (χ3n) is 5.82. The zero-order valence-corrected chi connectivity index (χ0v) is 18.2. The van der Waals surface area contributed by atoms with Gasteiger partial charge in [0.15, 0.2) is 0 Å². The van der Waals surface area contributed by atoms with Crippen molar-refractivity contribution in [1.82, 2.24) is 4.98 Å². The van der Waals surface area contributed by atoms with Crippen molar-refractivity contribution in [3.63, 3.8) is 0 Å². The Balaban J connectivity index is 1.48. The lowest BCUT2D eigenvalue weighted by atomic mass is 9.97. The molecule has 1 nitrogen and oxygen atoms in total. The second-order valence-electron chi connectivity index (χ2n) is 8.30. The molecule has 0 atom stereocenters. The summed E-state index contributed by atoms with van der Waals surface area (Å²) in [6, 6.07) is 26.1. The first-order chi connectivity index (χ1) is 16.3. The van der Waals surface area contributed by atoms with Crippen LogP contribution < -0.4 is 0 Å². The Hall–Kier alpha value is -3.99. The van der Waals surface area contributed by atoms with Gasteiger partial charge in [0.25, 0.3) is 0 Å². The van der Waals surface area contributed by atoms with E-state index in [1.165, 1.54) is 12.1 Å². The highest BCUT2D eigenvalue weighted by Crippen LogP contribution is 2.34. The molecular formula is C29H19F4N. The van der Waals surface area contributed by atoms with Gasteiger partial charge in [-0.2, -0.15) is 13.2 Å². The van der Waals surface area contributed by atoms with E-state index in [9.17, 15) is 17.6 Å². The highest BCUT2D eigenvalue weighted by Gasteiger charge is 2.31. The summed E-state index contributed by atoms with van der Waals surface area (Å²) in [5.74, 6) is -0.275. The molecule has 4 aromatic carbocycles. The fourth-order valence-electron chi connectivity index (χ4n) is 4.08. The molecule has 0 saturated carbocycles. The first kappa shape index (κ1) is 21.8. The fourth-order valence-corrected chi connectivity index (χ4v) is 4.08. The smallest absolute Gasteiger partial charge is 0.256 e. The van der Waals surface area contributed by atoms with Gasteiger partial charge >= 0.3 is 6.18 Å². The Morgan fingerprint density at radius 3 is 1.82 bits per heavy atom. The van der Waals surface area contributed by atoms with Gasteiger partial charge in [-0.15, -0.1) is 0 Å². The van der Waals surface area contributed by atoms with Gasteiger partial charge in [0.05, 0.1) is 11.3 Å². The van der Waals surface area contributed by atoms with Gasteiger partial charge in [-0.1, -0.05) is 42.5 Å². The van der Waals surface area contributed by atoms with E-state index in [0.29, 0.717) is 16.8 Å². The van der Waals surface area contributed by atoms with Crippen molar-refractivity contribution in [2.45, 2.75) is 13.1 Å². The minimum Gasteiger partial charge on any atom is -0.256 e. The van der Waals surface area contributed by atoms with Crippen LogP contribution in [0.25, 0.3) is 44.3 Å². The second-order valence-corrected chi connectivity index (χ2v) is 8.30. The van der Waals surface area contributed by atoms with Crippen LogP contribution in [0.2, 0.25) is 0 Å². The summed E-state index contributed by atoms with van der Waals surface area (Å²) in [4.78, 5) is 4.44. The fraction of sp³-hybridized carbons (Fsp3) is 0.0690. The number of pyridine rings is 1. The summed E-state index contributed by atoms with van der Waals surface area (Å²) < 4.78 is 52.9. The third-order valence-corrected chi connectivity index (χ3v) is 5.82. The molecule has 1 aromatic heterocycles. The summed E-state index contributed by atoms with van der Waals surface area (Å²) >= 11 is 0. The minimum atomic E-state index is -4.40. The van der Waals surface area contributed by atoms with Crippen LogP contribution in [0.1, 0.15) is 11.1 Å². The second kappa shape index (κ2) is 8.41. The Bertz CT molecular complexity index is 1480. The van der Waals surface area contributed by atoms with Crippen molar-refractivity contribution in [2.75, 3.05) is 0 Å². The van der Waals surface area contributed by atoms with Crippen molar-refractivity contribution in [1.29, 1.82) is 0 Å². The van der Waals surface area contributed by atoms with Gasteiger partial charge in [-0.05, 0) is 88.5 Å². The monoisotopic (exact) mass is 457 g/mol. The summed E-state index contributed by atoms with van der Waals surface area (Å²) in [6.07, 6.45) is -2.73. The lowest BCUT2D eigenvalue weighted by Crippen LogP contribution is -2.05. The van der Waals surface area contributed by atoms with E-state index in [1.54, 1.807) is 37.4 Å². The molecule has 34 heavy (non-hydrogen) atoms. The van der Waals surface area contributed by atoms with Gasteiger partial charge in [0.2, 0.25) is 0 Å². The van der Waals surface area contributed by atoms with Crippen LogP contribution in [0.15, 0.2) is 97.2 Å². The van der Waals surface area contributed by atoms with E-state index in [2.05, 4.69) is 11.1 Å². The molecule has 0 fully saturated rings. The topological polar surface area (TPSA) is 12.9 Å². The quantitative estimate of drug-likeness (QED) is 0.247. The lowest BCUT2D eigenvalue weighted by molar-refractivity contribution is -0.137. The largest absolute Gasteiger partial charge is 0.416 e. The summed E-state index contributed by atoms with van der Waals surface area (Å²) in [7, 11) is 0. The molecule has 0 unspecified atom stereocenters. The molecule has 0 aliphatic rings. The van der Waals surface area contributed by atoms with Gasteiger partial charge < -0.3 is 0 Å². The lowest BCUT2D eigenvalue weighted by Gasteiger charge is -2.11. The van der Waals surface area contributed by atoms with Crippen molar-refractivity contribution in [3.8, 4) is 33.5 Å². The number of hydrogen-bond acceptors (Lipinski definition) is 1. The molecular weight excluding hydrogens is 438 g/mol. The van der Waals surface area contributed by atoms with Gasteiger partial charge in [0.1, 0.15) is 5.82 Å². The van der Waals surface area contributed by atoms with Crippen LogP contribution in [0.3, 0.4) is 0 Å². The van der Waals surface area contributed by atoms with Crippen molar-refractivity contribution < 1.29 is 17.6 Å². The molecule has 1 heterocycles. The van der Waals surface area contributed by atoms with Gasteiger partial charge in [0, 0.05) is 17.3 Å². The highest BCUT2D eigenvalue weighted by molar-refractivity contribution is 5.91. The van der Waals surface area contributed by atoms with Crippen molar-refractivity contribution >= 4 is 10.8 Å². The van der Waals surface area contributed by atoms with Gasteiger partial charge in [-0.25, -0.2) is 4.39 Å².